The van der Waals surface area contributed by atoms with Crippen LogP contribution in [0.2, 0.25) is 0 Å². The maximum Gasteiger partial charge on any atom is 0.254 e. The van der Waals surface area contributed by atoms with Crippen molar-refractivity contribution in [1.29, 1.82) is 0 Å². The normalized spacial score (nSPS) is 15.4. The average molecular weight is 711 g/mol. The summed E-state index contributed by atoms with van der Waals surface area (Å²) in [6.45, 7) is 7.97. The number of carbonyl (C=O) groups is 2. The molecule has 4 heterocycles. The van der Waals surface area contributed by atoms with E-state index in [0.717, 1.165) is 29.5 Å². The molecule has 52 heavy (non-hydrogen) atoms. The number of amides is 2. The van der Waals surface area contributed by atoms with Gasteiger partial charge in [0, 0.05) is 48.4 Å². The monoisotopic (exact) mass is 710 g/mol. The molecule has 0 bridgehead atoms. The first-order valence-electron chi connectivity index (χ1n) is 17.1. The van der Waals surface area contributed by atoms with Gasteiger partial charge in [-0.3, -0.25) is 9.59 Å². The Morgan fingerprint density at radius 3 is 1.69 bits per heavy atom. The average Bonchev–Trinajstić information content (AvgIpc) is 3.12. The Hall–Kier alpha value is -5.60. The Balaban J connectivity index is 0.000000201. The van der Waals surface area contributed by atoms with Crippen molar-refractivity contribution in [2.75, 3.05) is 37.6 Å². The minimum atomic E-state index is -1.39. The predicted octanol–water partition coefficient (Wildman–Crippen LogP) is 3.73. The first kappa shape index (κ1) is 37.7. The van der Waals surface area contributed by atoms with E-state index in [1.807, 2.05) is 24.3 Å². The predicted molar refractivity (Wildman–Crippen MR) is 197 cm³/mol. The molecule has 1 fully saturated rings. The molecule has 0 atom stereocenters. The van der Waals surface area contributed by atoms with Gasteiger partial charge in [-0.2, -0.15) is 0 Å². The lowest BCUT2D eigenvalue weighted by atomic mass is 9.88. The van der Waals surface area contributed by atoms with E-state index in [1.54, 1.807) is 52.3 Å². The number of phenols is 2. The van der Waals surface area contributed by atoms with E-state index in [0.29, 0.717) is 66.8 Å². The molecular formula is C38H46N8O6. The minimum absolute atomic E-state index is 0.122. The van der Waals surface area contributed by atoms with Gasteiger partial charge in [0.05, 0.1) is 11.4 Å². The van der Waals surface area contributed by atoms with E-state index >= 15 is 0 Å². The van der Waals surface area contributed by atoms with Crippen LogP contribution >= 0.6 is 0 Å². The maximum atomic E-state index is 12.2. The highest BCUT2D eigenvalue weighted by atomic mass is 16.3. The molecule has 0 saturated carbocycles. The lowest BCUT2D eigenvalue weighted by Gasteiger charge is -2.35. The summed E-state index contributed by atoms with van der Waals surface area (Å²) in [6, 6.07) is 17.5. The number of nitrogens with two attached hydrogens (primary N) is 2. The quantitative estimate of drug-likeness (QED) is 0.168. The number of benzene rings is 2. The van der Waals surface area contributed by atoms with Gasteiger partial charge in [-0.1, -0.05) is 30.3 Å². The molecule has 1 saturated heterocycles. The number of piperidine rings is 1. The summed E-state index contributed by atoms with van der Waals surface area (Å²) in [7, 11) is 0. The largest absolute Gasteiger partial charge is 0.507 e. The number of aliphatic hydroxyl groups is 2. The molecule has 0 radical (unpaired) electrons. The van der Waals surface area contributed by atoms with Gasteiger partial charge in [0.25, 0.3) is 11.8 Å². The number of para-hydroxylation sites is 2. The third kappa shape index (κ3) is 8.64. The van der Waals surface area contributed by atoms with Crippen molar-refractivity contribution in [2.24, 2.45) is 0 Å². The van der Waals surface area contributed by atoms with Crippen molar-refractivity contribution in [1.82, 2.24) is 30.2 Å². The zero-order valence-electron chi connectivity index (χ0n) is 29.8. The summed E-state index contributed by atoms with van der Waals surface area (Å²) in [4.78, 5) is 27.7. The minimum Gasteiger partial charge on any atom is -0.507 e. The molecule has 0 spiro atoms. The molecule has 6 rings (SSSR count). The Bertz CT molecular complexity index is 1960. The van der Waals surface area contributed by atoms with Crippen LogP contribution in [-0.4, -0.2) is 99.8 Å². The summed E-state index contributed by atoms with van der Waals surface area (Å²) < 4.78 is 0. The number of carbonyl (C=O) groups excluding carboxylic acids is 2. The number of rotatable bonds is 6. The van der Waals surface area contributed by atoms with Gasteiger partial charge in [-0.25, -0.2) is 0 Å². The second-order valence-corrected chi connectivity index (χ2v) is 14.0. The van der Waals surface area contributed by atoms with Gasteiger partial charge in [0.1, 0.15) is 28.5 Å². The number of likely N-dealkylation sites (tertiary alicyclic amines) is 1. The molecule has 8 N–H and O–H groups in total. The third-order valence-electron chi connectivity index (χ3n) is 9.15. The number of aromatic nitrogens is 4. The van der Waals surface area contributed by atoms with Crippen LogP contribution in [0.4, 0.5) is 11.6 Å². The molecule has 14 nitrogen and oxygen atoms in total. The molecule has 2 aliphatic heterocycles. The molecular weight excluding hydrogens is 664 g/mol. The molecule has 2 aromatic carbocycles. The molecule has 4 aromatic rings. The fourth-order valence-corrected chi connectivity index (χ4v) is 6.31. The second-order valence-electron chi connectivity index (χ2n) is 14.0. The lowest BCUT2D eigenvalue weighted by Crippen LogP contribution is -2.48. The second kappa shape index (κ2) is 15.3. The van der Waals surface area contributed by atoms with Crippen LogP contribution in [0.25, 0.3) is 28.1 Å². The number of hydrogen-bond donors (Lipinski definition) is 6. The maximum absolute atomic E-state index is 12.2. The summed E-state index contributed by atoms with van der Waals surface area (Å²) in [5, 5.41) is 56.1. The number of nitrogen functional groups attached to an aromatic ring is 2. The molecule has 14 heteroatoms. The third-order valence-corrected chi connectivity index (χ3v) is 9.15. The summed E-state index contributed by atoms with van der Waals surface area (Å²) >= 11 is 0. The molecule has 0 aliphatic carbocycles. The Labute approximate surface area is 302 Å². The van der Waals surface area contributed by atoms with Crippen LogP contribution in [0.1, 0.15) is 64.0 Å². The number of hydrogen-bond acceptors (Lipinski definition) is 12. The van der Waals surface area contributed by atoms with Gasteiger partial charge in [0.15, 0.2) is 5.82 Å². The molecule has 2 amide bonds. The van der Waals surface area contributed by atoms with Crippen molar-refractivity contribution in [2.45, 2.75) is 64.1 Å². The van der Waals surface area contributed by atoms with Crippen LogP contribution in [0.5, 0.6) is 11.5 Å². The number of nitrogens with zero attached hydrogens (tertiary/aromatic N) is 6. The van der Waals surface area contributed by atoms with Crippen molar-refractivity contribution in [3.05, 3.63) is 77.9 Å². The van der Waals surface area contributed by atoms with Crippen LogP contribution in [0.3, 0.4) is 0 Å². The van der Waals surface area contributed by atoms with E-state index in [2.05, 4.69) is 20.4 Å². The standard InChI is InChI=1S/C19H24N4O3.C19H22N4O3/c2*1-19(2,26)18(25)23-9-7-12(8-10-23)14-11-15(21-22-17(14)20)13-5-3-4-6-16(13)24/h3-6,11-12,24,26H,7-10H2,1-2H3,(H2,20,22);3-7,11,24,26H,8-10H2,1-2H3,(H2,20,22). The Morgan fingerprint density at radius 1 is 0.692 bits per heavy atom. The SMILES string of the molecule is CC(C)(O)C(=O)N1CC=C(c2cc(-c3ccccc3O)nnc2N)CC1.CC(C)(O)C(=O)N1CCC(c2cc(-c3ccccc3O)nnc2N)CC1. The summed E-state index contributed by atoms with van der Waals surface area (Å²) in [5.74, 6) is 0.533. The van der Waals surface area contributed by atoms with E-state index < -0.39 is 11.2 Å². The van der Waals surface area contributed by atoms with Crippen molar-refractivity contribution < 1.29 is 30.0 Å². The highest BCUT2D eigenvalue weighted by molar-refractivity contribution is 5.86. The molecule has 2 aromatic heterocycles. The van der Waals surface area contributed by atoms with Crippen molar-refractivity contribution >= 4 is 29.0 Å². The van der Waals surface area contributed by atoms with Gasteiger partial charge in [-0.05, 0) is 94.8 Å². The van der Waals surface area contributed by atoms with Crippen LogP contribution in [0, 0.1) is 0 Å². The molecule has 0 unspecified atom stereocenters. The zero-order valence-corrected chi connectivity index (χ0v) is 29.8. The van der Waals surface area contributed by atoms with E-state index in [4.69, 9.17) is 11.5 Å². The Kier molecular flexibility index (Phi) is 11.1. The van der Waals surface area contributed by atoms with Crippen molar-refractivity contribution in [3.63, 3.8) is 0 Å². The van der Waals surface area contributed by atoms with E-state index in [9.17, 15) is 30.0 Å². The first-order chi connectivity index (χ1) is 24.5. The van der Waals surface area contributed by atoms with Crippen LogP contribution in [-0.2, 0) is 9.59 Å². The number of phenolic OH excluding ortho intramolecular Hbond substituents is 2. The highest BCUT2D eigenvalue weighted by Gasteiger charge is 2.33. The smallest absolute Gasteiger partial charge is 0.254 e. The summed E-state index contributed by atoms with van der Waals surface area (Å²) in [6.07, 6.45) is 3.98. The van der Waals surface area contributed by atoms with Gasteiger partial charge in [-0.15, -0.1) is 20.4 Å². The van der Waals surface area contributed by atoms with Crippen LogP contribution < -0.4 is 11.5 Å². The lowest BCUT2D eigenvalue weighted by molar-refractivity contribution is -0.149. The fourth-order valence-electron chi connectivity index (χ4n) is 6.31. The number of aromatic hydroxyl groups is 2. The van der Waals surface area contributed by atoms with Crippen LogP contribution in [0.15, 0.2) is 66.7 Å². The fraction of sp³-hybridized carbons (Fsp3) is 0.368. The zero-order chi connectivity index (χ0) is 37.8. The first-order valence-corrected chi connectivity index (χ1v) is 17.1. The van der Waals surface area contributed by atoms with Gasteiger partial charge >= 0.3 is 0 Å². The molecule has 2 aliphatic rings. The highest BCUT2D eigenvalue weighted by Crippen LogP contribution is 2.36. The van der Waals surface area contributed by atoms with Gasteiger partial charge in [0.2, 0.25) is 0 Å². The summed E-state index contributed by atoms with van der Waals surface area (Å²) in [5.41, 5.74) is 14.2. The van der Waals surface area contributed by atoms with E-state index in [1.165, 1.54) is 27.7 Å². The Morgan fingerprint density at radius 2 is 1.19 bits per heavy atom. The van der Waals surface area contributed by atoms with Crippen molar-refractivity contribution in [3.8, 4) is 34.0 Å². The number of anilines is 2. The topological polar surface area (TPSA) is 225 Å². The van der Waals surface area contributed by atoms with Gasteiger partial charge < -0.3 is 41.7 Å². The van der Waals surface area contributed by atoms with E-state index in [-0.39, 0.29) is 29.2 Å². The molecule has 274 valence electrons.